The normalized spacial score (nSPS) is 12.9. The van der Waals surface area contributed by atoms with Crippen LogP contribution in [0, 0.1) is 0 Å². The van der Waals surface area contributed by atoms with Crippen LogP contribution in [0.5, 0.6) is 0 Å². The van der Waals surface area contributed by atoms with Crippen molar-refractivity contribution in [3.8, 4) is 26.6 Å². The van der Waals surface area contributed by atoms with E-state index in [1.165, 1.54) is 113 Å². The van der Waals surface area contributed by atoms with Gasteiger partial charge < -0.3 is 14.4 Å². The van der Waals surface area contributed by atoms with Crippen molar-refractivity contribution in [1.82, 2.24) is 4.57 Å². The second kappa shape index (κ2) is 13.9. The van der Waals surface area contributed by atoms with E-state index >= 15 is 0 Å². The molecule has 3 nitrogen and oxygen atoms in total. The van der Waals surface area contributed by atoms with Crippen LogP contribution in [0.3, 0.4) is 0 Å². The van der Waals surface area contributed by atoms with Crippen molar-refractivity contribution in [3.63, 3.8) is 0 Å². The van der Waals surface area contributed by atoms with Gasteiger partial charge in [0.1, 0.15) is 0 Å². The molecular formula is C58H36BN3S2. The fourth-order valence-electron chi connectivity index (χ4n) is 10.8. The van der Waals surface area contributed by atoms with Gasteiger partial charge in [-0.25, -0.2) is 0 Å². The van der Waals surface area contributed by atoms with Gasteiger partial charge in [-0.15, -0.1) is 22.7 Å². The molecule has 0 N–H and O–H groups in total. The molecule has 9 aromatic carbocycles. The molecule has 0 radical (unpaired) electrons. The fourth-order valence-corrected chi connectivity index (χ4v) is 13.2. The van der Waals surface area contributed by atoms with Gasteiger partial charge in [-0.3, -0.25) is 0 Å². The van der Waals surface area contributed by atoms with E-state index in [4.69, 9.17) is 0 Å². The monoisotopic (exact) mass is 849 g/mol. The maximum absolute atomic E-state index is 2.62. The predicted molar refractivity (Wildman–Crippen MR) is 276 cm³/mol. The lowest BCUT2D eigenvalue weighted by atomic mass is 9.33. The Labute approximate surface area is 379 Å². The Morgan fingerprint density at radius 3 is 1.22 bits per heavy atom. The number of hydrogen-bond acceptors (Lipinski definition) is 4. The van der Waals surface area contributed by atoms with Gasteiger partial charge in [0.25, 0.3) is 6.71 Å². The first-order valence-electron chi connectivity index (χ1n) is 21.9. The van der Waals surface area contributed by atoms with Crippen molar-refractivity contribution >= 4 is 122 Å². The number of rotatable bonds is 5. The van der Waals surface area contributed by atoms with Crippen molar-refractivity contribution in [2.75, 3.05) is 9.80 Å². The van der Waals surface area contributed by atoms with Crippen LogP contribution in [-0.4, -0.2) is 11.3 Å². The summed E-state index contributed by atoms with van der Waals surface area (Å²) in [6.07, 6.45) is 0. The summed E-state index contributed by atoms with van der Waals surface area (Å²) in [5.74, 6) is 0. The molecule has 3 aromatic heterocycles. The number of nitrogens with zero attached hydrogens (tertiary/aromatic N) is 3. The summed E-state index contributed by atoms with van der Waals surface area (Å²) >= 11 is 3.77. The standard InChI is InChI=1S/C58H36BN3S2/c1-3-19-37(20-4-1)57-55(42-25-9-17-33-52(42)63-57)61-48-31-15-11-27-44(48)59-45-28-12-16-32-49(45)62(56-43-26-10-18-34-53(43)64-58(56)38-21-5-2-6-22-38)51-36-39(35-50(61)54(51)59)60-46-29-13-7-23-40(46)41-24-8-14-30-47(41)60/h1-36H. The molecule has 0 bridgehead atoms. The van der Waals surface area contributed by atoms with E-state index in [1.54, 1.807) is 0 Å². The van der Waals surface area contributed by atoms with Crippen molar-refractivity contribution in [2.45, 2.75) is 0 Å². The van der Waals surface area contributed by atoms with Crippen LogP contribution in [0.1, 0.15) is 0 Å². The van der Waals surface area contributed by atoms with Crippen molar-refractivity contribution < 1.29 is 0 Å². The lowest BCUT2D eigenvalue weighted by molar-refractivity contribution is 1.16. The van der Waals surface area contributed by atoms with Crippen LogP contribution in [0.15, 0.2) is 218 Å². The van der Waals surface area contributed by atoms with Gasteiger partial charge in [0.15, 0.2) is 0 Å². The van der Waals surface area contributed by atoms with Gasteiger partial charge in [-0.1, -0.05) is 170 Å². The first-order valence-corrected chi connectivity index (χ1v) is 23.5. The highest BCUT2D eigenvalue weighted by Crippen LogP contribution is 2.55. The summed E-state index contributed by atoms with van der Waals surface area (Å²) in [6.45, 7) is -0.00718. The number of aromatic nitrogens is 1. The van der Waals surface area contributed by atoms with Crippen molar-refractivity contribution in [3.05, 3.63) is 218 Å². The molecule has 0 saturated carbocycles. The van der Waals surface area contributed by atoms with Crippen LogP contribution in [-0.2, 0) is 0 Å². The Morgan fingerprint density at radius 2 is 0.734 bits per heavy atom. The van der Waals surface area contributed by atoms with Gasteiger partial charge >= 0.3 is 0 Å². The Morgan fingerprint density at radius 1 is 0.344 bits per heavy atom. The minimum absolute atomic E-state index is 0.00718. The van der Waals surface area contributed by atoms with Gasteiger partial charge in [-0.2, -0.15) is 0 Å². The minimum atomic E-state index is -0.00718. The molecule has 0 unspecified atom stereocenters. The number of para-hydroxylation sites is 4. The number of thiophene rings is 2. The zero-order valence-corrected chi connectivity index (χ0v) is 36.2. The zero-order valence-electron chi connectivity index (χ0n) is 34.5. The molecule has 0 fully saturated rings. The lowest BCUT2D eigenvalue weighted by Crippen LogP contribution is -2.61. The van der Waals surface area contributed by atoms with Crippen LogP contribution < -0.4 is 26.2 Å². The molecular weight excluding hydrogens is 814 g/mol. The molecule has 0 saturated heterocycles. The molecule has 6 heteroatoms. The van der Waals surface area contributed by atoms with E-state index in [0.29, 0.717) is 0 Å². The molecule has 5 heterocycles. The van der Waals surface area contributed by atoms with Gasteiger partial charge in [0, 0.05) is 53.7 Å². The quantitative estimate of drug-likeness (QED) is 0.160. The summed E-state index contributed by atoms with van der Waals surface area (Å²) in [4.78, 5) is 7.77. The number of hydrogen-bond donors (Lipinski definition) is 0. The molecule has 0 amide bonds. The third kappa shape index (κ3) is 5.09. The molecule has 14 rings (SSSR count). The summed E-state index contributed by atoms with van der Waals surface area (Å²) in [5.41, 5.74) is 17.1. The lowest BCUT2D eigenvalue weighted by Gasteiger charge is -2.44. The predicted octanol–water partition coefficient (Wildman–Crippen LogP) is 14.6. The summed E-state index contributed by atoms with van der Waals surface area (Å²) in [6, 6.07) is 81.0. The average molecular weight is 850 g/mol. The topological polar surface area (TPSA) is 11.4 Å². The van der Waals surface area contributed by atoms with Crippen LogP contribution in [0.2, 0.25) is 0 Å². The van der Waals surface area contributed by atoms with Gasteiger partial charge in [-0.05, 0) is 76.0 Å². The molecule has 0 atom stereocenters. The fraction of sp³-hybridized carbons (Fsp3) is 0. The van der Waals surface area contributed by atoms with E-state index in [1.807, 2.05) is 22.7 Å². The smallest absolute Gasteiger partial charge is 0.252 e. The van der Waals surface area contributed by atoms with E-state index < -0.39 is 0 Å². The molecule has 298 valence electrons. The van der Waals surface area contributed by atoms with Crippen molar-refractivity contribution in [1.29, 1.82) is 0 Å². The highest BCUT2D eigenvalue weighted by atomic mass is 32.1. The first-order chi connectivity index (χ1) is 31.8. The molecule has 0 spiro atoms. The second-order valence-corrected chi connectivity index (χ2v) is 18.9. The maximum Gasteiger partial charge on any atom is 0.252 e. The number of benzene rings is 9. The third-order valence-electron chi connectivity index (χ3n) is 13.4. The number of fused-ring (bicyclic) bond motifs is 9. The van der Waals surface area contributed by atoms with Crippen LogP contribution in [0.4, 0.5) is 34.1 Å². The Kier molecular flexibility index (Phi) is 7.82. The molecule has 0 aliphatic carbocycles. The van der Waals surface area contributed by atoms with E-state index in [2.05, 4.69) is 233 Å². The van der Waals surface area contributed by atoms with Crippen LogP contribution >= 0.6 is 22.7 Å². The largest absolute Gasteiger partial charge is 0.309 e. The molecule has 12 aromatic rings. The molecule has 2 aliphatic heterocycles. The van der Waals surface area contributed by atoms with E-state index in [-0.39, 0.29) is 6.71 Å². The van der Waals surface area contributed by atoms with Crippen molar-refractivity contribution in [2.24, 2.45) is 0 Å². The maximum atomic E-state index is 2.62. The Bertz CT molecular complexity index is 3580. The highest BCUT2D eigenvalue weighted by molar-refractivity contribution is 7.23. The van der Waals surface area contributed by atoms with E-state index in [9.17, 15) is 0 Å². The minimum Gasteiger partial charge on any atom is -0.309 e. The third-order valence-corrected chi connectivity index (χ3v) is 15.8. The summed E-state index contributed by atoms with van der Waals surface area (Å²) < 4.78 is 5.04. The molecule has 2 aliphatic rings. The zero-order chi connectivity index (χ0) is 41.9. The van der Waals surface area contributed by atoms with Crippen LogP contribution in [0.25, 0.3) is 68.5 Å². The number of anilines is 6. The first kappa shape index (κ1) is 35.9. The Balaban J connectivity index is 1.17. The average Bonchev–Trinajstić information content (AvgIpc) is 4.05. The van der Waals surface area contributed by atoms with E-state index in [0.717, 1.165) is 5.69 Å². The second-order valence-electron chi connectivity index (χ2n) is 16.8. The highest BCUT2D eigenvalue weighted by Gasteiger charge is 2.45. The Hall–Kier alpha value is -7.64. The van der Waals surface area contributed by atoms with Gasteiger partial charge in [0.2, 0.25) is 0 Å². The summed E-state index contributed by atoms with van der Waals surface area (Å²) in [5, 5.41) is 4.99. The summed E-state index contributed by atoms with van der Waals surface area (Å²) in [7, 11) is 0. The molecule has 64 heavy (non-hydrogen) atoms. The SMILES string of the molecule is c1ccc(-c2sc3ccccc3c2N2c3ccccc3B3c4ccccc4N(c4c(-c5ccccc5)sc5ccccc45)c4cc(-n5c6ccccc6c6ccccc65)cc2c43)cc1. The van der Waals surface area contributed by atoms with Gasteiger partial charge in [0.05, 0.1) is 37.8 Å².